The van der Waals surface area contributed by atoms with Crippen LogP contribution in [-0.2, 0) is 16.0 Å². The van der Waals surface area contributed by atoms with Crippen LogP contribution in [-0.4, -0.2) is 54.1 Å². The van der Waals surface area contributed by atoms with Gasteiger partial charge >= 0.3 is 5.97 Å². The number of halogens is 3. The number of carbonyl (C=O) groups is 2. The minimum absolute atomic E-state index is 0. The second-order valence-corrected chi connectivity index (χ2v) is 7.11. The van der Waals surface area contributed by atoms with Gasteiger partial charge in [0, 0.05) is 13.1 Å². The zero-order chi connectivity index (χ0) is 24.2. The number of carbonyl (C=O) groups excluding carboxylic acids is 2. The van der Waals surface area contributed by atoms with Crippen molar-refractivity contribution in [1.82, 2.24) is 15.3 Å². The second-order valence-electron chi connectivity index (χ2n) is 6.75. The summed E-state index contributed by atoms with van der Waals surface area (Å²) in [7, 11) is 0. The van der Waals surface area contributed by atoms with E-state index in [1.54, 1.807) is 12.1 Å². The van der Waals surface area contributed by atoms with Gasteiger partial charge in [0.2, 0.25) is 0 Å². The highest BCUT2D eigenvalue weighted by atomic mass is 35.5. The second kappa shape index (κ2) is 16.5. The van der Waals surface area contributed by atoms with E-state index in [1.807, 2.05) is 12.1 Å². The fraction of sp³-hybridized carbons (Fsp3) is 0.350. The molecule has 2 aromatic rings. The van der Waals surface area contributed by atoms with Crippen molar-refractivity contribution in [2.45, 2.75) is 19.3 Å². The number of aromatic nitrogens is 2. The summed E-state index contributed by atoms with van der Waals surface area (Å²) in [6.07, 6.45) is 2.41. The Labute approximate surface area is 220 Å². The summed E-state index contributed by atoms with van der Waals surface area (Å²) in [5.41, 5.74) is 23.0. The maximum Gasteiger partial charge on any atom is 0.344 e. The first-order chi connectivity index (χ1) is 15.8. The van der Waals surface area contributed by atoms with Crippen LogP contribution in [0.25, 0.3) is 0 Å². The van der Waals surface area contributed by atoms with Gasteiger partial charge in [-0.1, -0.05) is 23.7 Å². The number of nitrogens with one attached hydrogen (secondary N) is 1. The van der Waals surface area contributed by atoms with Gasteiger partial charge in [0.1, 0.15) is 12.4 Å². The average Bonchev–Trinajstić information content (AvgIpc) is 2.79. The predicted octanol–water partition coefficient (Wildman–Crippen LogP) is 1.09. The van der Waals surface area contributed by atoms with Gasteiger partial charge in [-0.05, 0) is 37.0 Å². The third-order valence-corrected chi connectivity index (χ3v) is 4.46. The van der Waals surface area contributed by atoms with Gasteiger partial charge in [-0.25, -0.2) is 14.8 Å². The number of amides is 1. The first-order valence-corrected chi connectivity index (χ1v) is 10.4. The molecule has 0 spiro atoms. The molecule has 2 rings (SSSR count). The Kier molecular flexibility index (Phi) is 15.1. The molecule has 12 nitrogen and oxygen atoms in total. The molecule has 0 fully saturated rings. The fourth-order valence-corrected chi connectivity index (χ4v) is 2.70. The number of nitrogens with two attached hydrogens (primary N) is 4. The molecule has 9 N–H and O–H groups in total. The lowest BCUT2D eigenvalue weighted by Gasteiger charge is -2.08. The van der Waals surface area contributed by atoms with E-state index in [1.165, 1.54) is 0 Å². The van der Waals surface area contributed by atoms with E-state index in [0.29, 0.717) is 12.3 Å². The van der Waals surface area contributed by atoms with Crippen molar-refractivity contribution in [2.24, 2.45) is 16.5 Å². The molecular formula is C20H29Cl3N8O4. The normalized spacial score (nSPS) is 10.5. The Hall–Kier alpha value is -3.06. The van der Waals surface area contributed by atoms with Crippen molar-refractivity contribution < 1.29 is 19.1 Å². The molecule has 1 aromatic heterocycles. The van der Waals surface area contributed by atoms with Crippen molar-refractivity contribution in [3.63, 3.8) is 0 Å². The number of aryl methyl sites for hydroxylation is 1. The number of anilines is 2. The lowest BCUT2D eigenvalue weighted by atomic mass is 10.1. The van der Waals surface area contributed by atoms with Gasteiger partial charge in [-0.15, -0.1) is 24.8 Å². The Morgan fingerprint density at radius 3 is 2.40 bits per heavy atom. The lowest BCUT2D eigenvalue weighted by Crippen LogP contribution is -2.38. The van der Waals surface area contributed by atoms with Crippen LogP contribution in [0.15, 0.2) is 29.3 Å². The molecule has 0 aliphatic heterocycles. The Morgan fingerprint density at radius 2 is 1.74 bits per heavy atom. The maximum absolute atomic E-state index is 12.2. The number of esters is 1. The maximum atomic E-state index is 12.2. The number of guanidine groups is 1. The van der Waals surface area contributed by atoms with Crippen molar-refractivity contribution in [3.8, 4) is 5.75 Å². The quantitative estimate of drug-likeness (QED) is 0.116. The number of hydrogen-bond acceptors (Lipinski definition) is 10. The number of ether oxygens (including phenoxy) is 2. The molecule has 0 atom stereocenters. The molecule has 35 heavy (non-hydrogen) atoms. The molecular weight excluding hydrogens is 523 g/mol. The number of nitrogens with zero attached hydrogens (tertiary/aromatic N) is 3. The Bertz CT molecular complexity index is 993. The number of hydrogen-bond donors (Lipinski definition) is 5. The first kappa shape index (κ1) is 31.9. The van der Waals surface area contributed by atoms with Crippen LogP contribution < -0.4 is 33.0 Å². The summed E-state index contributed by atoms with van der Waals surface area (Å²) in [4.78, 5) is 35.2. The lowest BCUT2D eigenvalue weighted by molar-refractivity contribution is -0.145. The molecule has 1 amide bonds. The summed E-state index contributed by atoms with van der Waals surface area (Å²) in [6, 6.07) is 7.41. The fourth-order valence-electron chi connectivity index (χ4n) is 2.57. The number of benzene rings is 1. The monoisotopic (exact) mass is 550 g/mol. The molecule has 0 unspecified atom stereocenters. The SMILES string of the molecule is Cl.Cl.NCCOC(=O)COc1ccc(CCCCN=C(N)NC(=O)c2nc(Cl)c(N)nc2N)cc1. The van der Waals surface area contributed by atoms with Crippen molar-refractivity contribution >= 4 is 65.9 Å². The van der Waals surface area contributed by atoms with Crippen LogP contribution in [0.1, 0.15) is 28.9 Å². The van der Waals surface area contributed by atoms with Crippen LogP contribution in [0.3, 0.4) is 0 Å². The van der Waals surface area contributed by atoms with Crippen LogP contribution in [0.4, 0.5) is 11.6 Å². The van der Waals surface area contributed by atoms with Crippen LogP contribution in [0.5, 0.6) is 5.75 Å². The van der Waals surface area contributed by atoms with Crippen molar-refractivity contribution in [3.05, 3.63) is 40.7 Å². The minimum Gasteiger partial charge on any atom is -0.482 e. The molecule has 1 aromatic carbocycles. The highest BCUT2D eigenvalue weighted by Gasteiger charge is 2.16. The summed E-state index contributed by atoms with van der Waals surface area (Å²) in [5.74, 6) is -0.875. The number of aliphatic imine (C=N–C) groups is 1. The van der Waals surface area contributed by atoms with Gasteiger partial charge in [-0.2, -0.15) is 0 Å². The minimum atomic E-state index is -0.682. The third-order valence-electron chi connectivity index (χ3n) is 4.18. The van der Waals surface area contributed by atoms with Gasteiger partial charge in [0.15, 0.2) is 35.0 Å². The average molecular weight is 552 g/mol. The molecule has 0 saturated heterocycles. The van der Waals surface area contributed by atoms with Crippen LogP contribution >= 0.6 is 36.4 Å². The Balaban J connectivity index is 0.00000578. The van der Waals surface area contributed by atoms with E-state index < -0.39 is 11.9 Å². The molecule has 194 valence electrons. The number of unbranched alkanes of at least 4 members (excludes halogenated alkanes) is 1. The third kappa shape index (κ3) is 11.3. The zero-order valence-corrected chi connectivity index (χ0v) is 21.1. The van der Waals surface area contributed by atoms with Crippen molar-refractivity contribution in [1.29, 1.82) is 0 Å². The zero-order valence-electron chi connectivity index (χ0n) is 18.7. The van der Waals surface area contributed by atoms with E-state index in [-0.39, 0.29) is 73.0 Å². The van der Waals surface area contributed by atoms with E-state index in [9.17, 15) is 9.59 Å². The topological polar surface area (TPSA) is 207 Å². The molecule has 1 heterocycles. The largest absolute Gasteiger partial charge is 0.482 e. The number of rotatable bonds is 11. The van der Waals surface area contributed by atoms with E-state index in [0.717, 1.165) is 24.8 Å². The smallest absolute Gasteiger partial charge is 0.344 e. The van der Waals surface area contributed by atoms with Crippen LogP contribution in [0.2, 0.25) is 5.15 Å². The van der Waals surface area contributed by atoms with E-state index in [2.05, 4.69) is 20.3 Å². The highest BCUT2D eigenvalue weighted by Crippen LogP contribution is 2.17. The predicted molar refractivity (Wildman–Crippen MR) is 139 cm³/mol. The summed E-state index contributed by atoms with van der Waals surface area (Å²) >= 11 is 5.76. The van der Waals surface area contributed by atoms with Crippen LogP contribution in [0, 0.1) is 0 Å². The van der Waals surface area contributed by atoms with Gasteiger partial charge < -0.3 is 32.4 Å². The van der Waals surface area contributed by atoms with E-state index >= 15 is 0 Å². The molecule has 0 saturated carbocycles. The summed E-state index contributed by atoms with van der Waals surface area (Å²) in [6.45, 7) is 0.696. The van der Waals surface area contributed by atoms with Gasteiger partial charge in [0.25, 0.3) is 5.91 Å². The first-order valence-electron chi connectivity index (χ1n) is 10.1. The number of nitrogen functional groups attached to an aromatic ring is 2. The van der Waals surface area contributed by atoms with E-state index in [4.69, 9.17) is 44.0 Å². The Morgan fingerprint density at radius 1 is 1.06 bits per heavy atom. The molecule has 0 aliphatic rings. The molecule has 0 aliphatic carbocycles. The van der Waals surface area contributed by atoms with Crippen molar-refractivity contribution in [2.75, 3.05) is 37.8 Å². The summed E-state index contributed by atoms with van der Waals surface area (Å²) in [5, 5.41) is 2.25. The van der Waals surface area contributed by atoms with Gasteiger partial charge in [-0.3, -0.25) is 15.1 Å². The highest BCUT2D eigenvalue weighted by molar-refractivity contribution is 6.31. The molecule has 0 radical (unpaired) electrons. The summed E-state index contributed by atoms with van der Waals surface area (Å²) < 4.78 is 10.2. The van der Waals surface area contributed by atoms with Gasteiger partial charge in [0.05, 0.1) is 0 Å². The standard InChI is InChI=1S/C20H27ClN8O4.2ClH/c21-16-18(24)28-17(23)15(27-16)19(31)29-20(25)26-9-2-1-3-12-4-6-13(7-5-12)33-11-14(30)32-10-8-22;;/h4-7H,1-3,8-11,22H2,(H4,23,24,28)(H3,25,26,29,31);2*1H. The molecule has 15 heteroatoms. The molecule has 0 bridgehead atoms.